The molecule has 156 valence electrons. The highest BCUT2D eigenvalue weighted by Gasteiger charge is 2.61. The number of hydrogen-bond acceptors (Lipinski definition) is 4. The second-order valence-electron chi connectivity index (χ2n) is 7.94. The van der Waals surface area contributed by atoms with Crippen LogP contribution < -0.4 is 4.74 Å². The minimum atomic E-state index is -4.31. The Balaban J connectivity index is 2.30. The smallest absolute Gasteiger partial charge is 0.381 e. The first-order valence-corrected chi connectivity index (χ1v) is 9.15. The van der Waals surface area contributed by atoms with Gasteiger partial charge in [-0.3, -0.25) is 0 Å². The molecule has 0 spiro atoms. The Morgan fingerprint density at radius 3 is 2.29 bits per heavy atom. The zero-order valence-electron chi connectivity index (χ0n) is 16.4. The van der Waals surface area contributed by atoms with Crippen LogP contribution in [0.1, 0.15) is 63.7 Å². The van der Waals surface area contributed by atoms with Gasteiger partial charge in [-0.25, -0.2) is 14.0 Å². The fourth-order valence-electron chi connectivity index (χ4n) is 3.21. The molecule has 0 aliphatic heterocycles. The van der Waals surface area contributed by atoms with Crippen molar-refractivity contribution in [2.45, 2.75) is 70.5 Å². The number of alkyl halides is 2. The monoisotopic (exact) mass is 402 g/mol. The second-order valence-corrected chi connectivity index (χ2v) is 7.94. The zero-order chi connectivity index (χ0) is 21.3. The highest BCUT2D eigenvalue weighted by atomic mass is 19.3. The molecule has 0 heterocycles. The number of carboxylic acid groups (broad SMARTS) is 1. The molecular formula is C20H25F3O5. The van der Waals surface area contributed by atoms with Crippen LogP contribution in [-0.2, 0) is 9.53 Å². The number of halogens is 3. The van der Waals surface area contributed by atoms with E-state index in [0.717, 1.165) is 50.8 Å². The van der Waals surface area contributed by atoms with Crippen LogP contribution in [0.4, 0.5) is 13.2 Å². The van der Waals surface area contributed by atoms with Gasteiger partial charge >= 0.3 is 17.9 Å². The van der Waals surface area contributed by atoms with Crippen molar-refractivity contribution in [3.8, 4) is 5.75 Å². The fraction of sp³-hybridized carbons (Fsp3) is 0.600. The van der Waals surface area contributed by atoms with E-state index < -0.39 is 40.8 Å². The van der Waals surface area contributed by atoms with E-state index in [2.05, 4.69) is 0 Å². The van der Waals surface area contributed by atoms with Crippen LogP contribution in [0.2, 0.25) is 0 Å². The molecule has 1 aliphatic carbocycles. The molecule has 8 heteroatoms. The molecule has 1 saturated carbocycles. The average Bonchev–Trinajstić information content (AvgIpc) is 3.02. The SMILES string of the molecule is CC(C)C(C)(OC(=O)c1ccc(F)c(OC2(C)CCCC2)c1)C(F)(F)C(=O)O. The Morgan fingerprint density at radius 2 is 1.79 bits per heavy atom. The maximum atomic E-state index is 14.2. The lowest BCUT2D eigenvalue weighted by atomic mass is 9.85. The van der Waals surface area contributed by atoms with Gasteiger partial charge in [0.2, 0.25) is 0 Å². The summed E-state index contributed by atoms with van der Waals surface area (Å²) in [6, 6.07) is 3.17. The first kappa shape index (κ1) is 22.0. The normalized spacial score (nSPS) is 18.6. The number of carbonyl (C=O) groups is 2. The standard InChI is InChI=1S/C20H25F3O5/c1-12(2)19(4,20(22,23)17(25)26)28-16(24)13-7-8-14(21)15(11-13)27-18(3)9-5-6-10-18/h7-8,11-12H,5-6,9-10H2,1-4H3,(H,25,26). The van der Waals surface area contributed by atoms with Gasteiger partial charge in [0.05, 0.1) is 5.56 Å². The van der Waals surface area contributed by atoms with E-state index in [0.29, 0.717) is 0 Å². The number of hydrogen-bond donors (Lipinski definition) is 1. The predicted octanol–water partition coefficient (Wildman–Crippen LogP) is 4.83. The largest absolute Gasteiger partial charge is 0.484 e. The summed E-state index contributed by atoms with van der Waals surface area (Å²) in [6.45, 7) is 5.35. The van der Waals surface area contributed by atoms with Crippen molar-refractivity contribution in [3.63, 3.8) is 0 Å². The van der Waals surface area contributed by atoms with Crippen LogP contribution in [0.25, 0.3) is 0 Å². The van der Waals surface area contributed by atoms with Gasteiger partial charge in [-0.2, -0.15) is 8.78 Å². The van der Waals surface area contributed by atoms with Crippen molar-refractivity contribution < 1.29 is 37.3 Å². The van der Waals surface area contributed by atoms with Crippen molar-refractivity contribution in [2.75, 3.05) is 0 Å². The van der Waals surface area contributed by atoms with Crippen LogP contribution in [0.15, 0.2) is 18.2 Å². The lowest BCUT2D eigenvalue weighted by Crippen LogP contribution is -2.57. The van der Waals surface area contributed by atoms with Gasteiger partial charge < -0.3 is 14.6 Å². The van der Waals surface area contributed by atoms with Gasteiger partial charge in [-0.05, 0) is 63.6 Å². The van der Waals surface area contributed by atoms with Crippen molar-refractivity contribution in [1.29, 1.82) is 0 Å². The summed E-state index contributed by atoms with van der Waals surface area (Å²) < 4.78 is 53.3. The van der Waals surface area contributed by atoms with E-state index in [4.69, 9.17) is 14.6 Å². The Bertz CT molecular complexity index is 756. The van der Waals surface area contributed by atoms with Gasteiger partial charge in [-0.15, -0.1) is 0 Å². The lowest BCUT2D eigenvalue weighted by Gasteiger charge is -2.37. The number of benzene rings is 1. The number of carboxylic acids is 1. The number of carbonyl (C=O) groups excluding carboxylic acids is 1. The topological polar surface area (TPSA) is 72.8 Å². The molecule has 0 bridgehead atoms. The quantitative estimate of drug-likeness (QED) is 0.662. The fourth-order valence-corrected chi connectivity index (χ4v) is 3.21. The van der Waals surface area contributed by atoms with Crippen molar-refractivity contribution in [3.05, 3.63) is 29.6 Å². The molecule has 1 aromatic rings. The van der Waals surface area contributed by atoms with Crippen molar-refractivity contribution in [2.24, 2.45) is 5.92 Å². The van der Waals surface area contributed by atoms with E-state index in [1.807, 2.05) is 6.92 Å². The van der Waals surface area contributed by atoms with Crippen LogP contribution in [0.5, 0.6) is 5.75 Å². The van der Waals surface area contributed by atoms with E-state index in [1.54, 1.807) is 0 Å². The third-order valence-electron chi connectivity index (χ3n) is 5.48. The third kappa shape index (κ3) is 4.10. The van der Waals surface area contributed by atoms with Crippen LogP contribution >= 0.6 is 0 Å². The van der Waals surface area contributed by atoms with Crippen molar-refractivity contribution >= 4 is 11.9 Å². The molecule has 0 radical (unpaired) electrons. The molecule has 0 saturated heterocycles. The predicted molar refractivity (Wildman–Crippen MR) is 95.1 cm³/mol. The number of rotatable bonds is 7. The molecule has 1 unspecified atom stereocenters. The maximum absolute atomic E-state index is 14.2. The summed E-state index contributed by atoms with van der Waals surface area (Å²) in [5, 5.41) is 8.87. The van der Waals surface area contributed by atoms with Gasteiger partial charge in [0.1, 0.15) is 5.60 Å². The molecule has 1 aliphatic rings. The van der Waals surface area contributed by atoms with Gasteiger partial charge in [-0.1, -0.05) is 13.8 Å². The van der Waals surface area contributed by atoms with Gasteiger partial charge in [0.15, 0.2) is 17.2 Å². The van der Waals surface area contributed by atoms with Crippen LogP contribution in [0, 0.1) is 11.7 Å². The molecule has 2 rings (SSSR count). The Kier molecular flexibility index (Phi) is 6.01. The summed E-state index contributed by atoms with van der Waals surface area (Å²) >= 11 is 0. The highest BCUT2D eigenvalue weighted by molar-refractivity contribution is 5.91. The molecule has 5 nitrogen and oxygen atoms in total. The Morgan fingerprint density at radius 1 is 1.21 bits per heavy atom. The number of esters is 1. The molecule has 0 amide bonds. The Hall–Kier alpha value is -2.25. The lowest BCUT2D eigenvalue weighted by molar-refractivity contribution is -0.214. The van der Waals surface area contributed by atoms with E-state index >= 15 is 0 Å². The highest BCUT2D eigenvalue weighted by Crippen LogP contribution is 2.40. The van der Waals surface area contributed by atoms with Gasteiger partial charge in [0.25, 0.3) is 0 Å². The third-order valence-corrected chi connectivity index (χ3v) is 5.48. The first-order chi connectivity index (χ1) is 12.8. The molecule has 28 heavy (non-hydrogen) atoms. The van der Waals surface area contributed by atoms with E-state index in [9.17, 15) is 22.8 Å². The Labute approximate surface area is 161 Å². The van der Waals surface area contributed by atoms with Crippen LogP contribution in [0.3, 0.4) is 0 Å². The van der Waals surface area contributed by atoms with Crippen molar-refractivity contribution in [1.82, 2.24) is 0 Å². The summed E-state index contributed by atoms with van der Waals surface area (Å²) in [5.74, 6) is -9.75. The summed E-state index contributed by atoms with van der Waals surface area (Å²) in [7, 11) is 0. The summed E-state index contributed by atoms with van der Waals surface area (Å²) in [5.41, 5.74) is -3.36. The maximum Gasteiger partial charge on any atom is 0.381 e. The zero-order valence-corrected chi connectivity index (χ0v) is 16.4. The molecular weight excluding hydrogens is 377 g/mol. The van der Waals surface area contributed by atoms with E-state index in [1.165, 1.54) is 13.8 Å². The minimum absolute atomic E-state index is 0.171. The first-order valence-electron chi connectivity index (χ1n) is 9.15. The average molecular weight is 402 g/mol. The molecule has 1 N–H and O–H groups in total. The number of ether oxygens (including phenoxy) is 2. The number of aliphatic carboxylic acids is 1. The summed E-state index contributed by atoms with van der Waals surface area (Å²) in [4.78, 5) is 23.5. The van der Waals surface area contributed by atoms with E-state index in [-0.39, 0.29) is 11.3 Å². The van der Waals surface area contributed by atoms with Crippen LogP contribution in [-0.4, -0.2) is 34.2 Å². The molecule has 1 fully saturated rings. The minimum Gasteiger partial charge on any atom is -0.484 e. The molecule has 1 atom stereocenters. The molecule has 0 aromatic heterocycles. The van der Waals surface area contributed by atoms with Gasteiger partial charge in [0, 0.05) is 0 Å². The molecule has 1 aromatic carbocycles. The second kappa shape index (κ2) is 7.64. The summed E-state index contributed by atoms with van der Waals surface area (Å²) in [6.07, 6.45) is 3.35.